The van der Waals surface area contributed by atoms with Crippen LogP contribution in [0.5, 0.6) is 0 Å². The molecule has 132 valence electrons. The minimum atomic E-state index is 0.203. The van der Waals surface area contributed by atoms with Gasteiger partial charge >= 0.3 is 0 Å². The van der Waals surface area contributed by atoms with E-state index in [4.69, 9.17) is 0 Å². The number of rotatable bonds is 4. The van der Waals surface area contributed by atoms with Crippen LogP contribution in [0.25, 0.3) is 11.0 Å². The summed E-state index contributed by atoms with van der Waals surface area (Å²) in [5, 5.41) is 1.07. The van der Waals surface area contributed by atoms with Gasteiger partial charge in [0, 0.05) is 45.6 Å². The Hall–Kier alpha value is -2.44. The number of aromatic amines is 1. The third kappa shape index (κ3) is 2.88. The highest BCUT2D eigenvalue weighted by Crippen LogP contribution is 2.41. The van der Waals surface area contributed by atoms with E-state index in [1.807, 2.05) is 17.2 Å². The fraction of sp³-hybridized carbons (Fsp3) is 0.556. The van der Waals surface area contributed by atoms with Crippen molar-refractivity contribution in [3.63, 3.8) is 0 Å². The Bertz CT molecular complexity index is 786. The lowest BCUT2D eigenvalue weighted by Crippen LogP contribution is -2.34. The predicted octanol–water partition coefficient (Wildman–Crippen LogP) is 1.72. The van der Waals surface area contributed by atoms with Crippen LogP contribution in [0.4, 0.5) is 5.82 Å². The van der Waals surface area contributed by atoms with Gasteiger partial charge in [-0.15, -0.1) is 0 Å². The summed E-state index contributed by atoms with van der Waals surface area (Å²) in [6, 6.07) is 2.50. The molecule has 4 rings (SSSR count). The van der Waals surface area contributed by atoms with Crippen molar-refractivity contribution in [1.82, 2.24) is 19.9 Å². The number of H-pyrrole nitrogens is 1. The van der Waals surface area contributed by atoms with E-state index in [-0.39, 0.29) is 5.91 Å². The van der Waals surface area contributed by atoms with Crippen molar-refractivity contribution >= 4 is 29.0 Å². The number of aromatic nitrogens is 3. The van der Waals surface area contributed by atoms with Gasteiger partial charge < -0.3 is 19.8 Å². The quantitative estimate of drug-likeness (QED) is 0.860. The monoisotopic (exact) mass is 340 g/mol. The molecular formula is C18H24N6O. The predicted molar refractivity (Wildman–Crippen MR) is 97.9 cm³/mol. The first-order valence-electron chi connectivity index (χ1n) is 8.86. The minimum absolute atomic E-state index is 0.203. The van der Waals surface area contributed by atoms with E-state index in [0.29, 0.717) is 24.3 Å². The average molecular weight is 340 g/mol. The molecule has 0 radical (unpaired) electrons. The summed E-state index contributed by atoms with van der Waals surface area (Å²) in [6.45, 7) is 1.77. The van der Waals surface area contributed by atoms with Crippen molar-refractivity contribution in [2.75, 3.05) is 32.1 Å². The lowest BCUT2D eigenvalue weighted by molar-refractivity contribution is -0.129. The summed E-state index contributed by atoms with van der Waals surface area (Å²) >= 11 is 0. The van der Waals surface area contributed by atoms with Gasteiger partial charge in [0.05, 0.1) is 11.8 Å². The van der Waals surface area contributed by atoms with Crippen molar-refractivity contribution in [2.45, 2.75) is 25.3 Å². The Kier molecular flexibility index (Phi) is 4.15. The molecule has 3 heterocycles. The zero-order valence-electron chi connectivity index (χ0n) is 14.7. The maximum absolute atomic E-state index is 12.2. The van der Waals surface area contributed by atoms with E-state index in [2.05, 4.69) is 31.9 Å². The Morgan fingerprint density at radius 1 is 1.40 bits per heavy atom. The molecule has 0 spiro atoms. The van der Waals surface area contributed by atoms with E-state index < -0.39 is 0 Å². The largest absolute Gasteiger partial charge is 0.356 e. The summed E-state index contributed by atoms with van der Waals surface area (Å²) < 4.78 is 0. The van der Waals surface area contributed by atoms with Crippen LogP contribution in [0, 0.1) is 11.8 Å². The van der Waals surface area contributed by atoms with Crippen molar-refractivity contribution in [3.8, 4) is 0 Å². The number of carbonyl (C=O) groups excluding carboxylic acids is 1. The molecule has 1 aliphatic carbocycles. The Morgan fingerprint density at radius 3 is 2.88 bits per heavy atom. The molecule has 7 nitrogen and oxygen atoms in total. The highest BCUT2D eigenvalue weighted by molar-refractivity contribution is 5.90. The van der Waals surface area contributed by atoms with E-state index >= 15 is 0 Å². The normalized spacial score (nSPS) is 25.8. The third-order valence-electron chi connectivity index (χ3n) is 5.74. The van der Waals surface area contributed by atoms with Gasteiger partial charge in [-0.25, -0.2) is 9.97 Å². The number of carbonyl (C=O) groups is 1. The van der Waals surface area contributed by atoms with E-state index in [1.165, 1.54) is 0 Å². The molecule has 2 aromatic heterocycles. The molecule has 25 heavy (non-hydrogen) atoms. The molecule has 7 heteroatoms. The van der Waals surface area contributed by atoms with Gasteiger partial charge in [0.2, 0.25) is 5.91 Å². The number of anilines is 1. The lowest BCUT2D eigenvalue weighted by Gasteiger charge is -2.28. The van der Waals surface area contributed by atoms with Crippen molar-refractivity contribution in [3.05, 3.63) is 18.6 Å². The highest BCUT2D eigenvalue weighted by Gasteiger charge is 2.43. The van der Waals surface area contributed by atoms with Gasteiger partial charge in [-0.05, 0) is 30.7 Å². The Morgan fingerprint density at radius 2 is 2.16 bits per heavy atom. The maximum atomic E-state index is 12.2. The molecule has 1 saturated heterocycles. The zero-order chi connectivity index (χ0) is 17.4. The topological polar surface area (TPSA) is 77.5 Å². The zero-order valence-corrected chi connectivity index (χ0v) is 14.7. The second-order valence-corrected chi connectivity index (χ2v) is 7.14. The van der Waals surface area contributed by atoms with Crippen molar-refractivity contribution in [2.24, 2.45) is 16.8 Å². The molecule has 1 saturated carbocycles. The van der Waals surface area contributed by atoms with Crippen LogP contribution in [0.1, 0.15) is 19.3 Å². The third-order valence-corrected chi connectivity index (χ3v) is 5.74. The smallest absolute Gasteiger partial charge is 0.227 e. The molecule has 2 unspecified atom stereocenters. The first-order chi connectivity index (χ1) is 12.2. The summed E-state index contributed by atoms with van der Waals surface area (Å²) in [5.41, 5.74) is 0.879. The molecule has 2 atom stereocenters. The molecule has 1 amide bonds. The number of amides is 1. The number of likely N-dealkylation sites (tertiary alicyclic amines) is 1. The lowest BCUT2D eigenvalue weighted by atomic mass is 10.0. The van der Waals surface area contributed by atoms with Gasteiger partial charge in [-0.1, -0.05) is 0 Å². The van der Waals surface area contributed by atoms with Crippen LogP contribution in [0.3, 0.4) is 0 Å². The number of fused-ring (bicyclic) bond motifs is 2. The number of nitrogens with one attached hydrogen (secondary N) is 1. The van der Waals surface area contributed by atoms with Crippen LogP contribution < -0.4 is 4.90 Å². The second kappa shape index (κ2) is 6.46. The first-order valence-corrected chi connectivity index (χ1v) is 8.86. The minimum Gasteiger partial charge on any atom is -0.356 e. The maximum Gasteiger partial charge on any atom is 0.227 e. The van der Waals surface area contributed by atoms with Crippen LogP contribution >= 0.6 is 0 Å². The summed E-state index contributed by atoms with van der Waals surface area (Å²) in [7, 11) is 3.84. The van der Waals surface area contributed by atoms with Crippen LogP contribution in [-0.2, 0) is 4.79 Å². The molecule has 2 fully saturated rings. The molecule has 0 bridgehead atoms. The summed E-state index contributed by atoms with van der Waals surface area (Å²) in [6.07, 6.45) is 7.88. The van der Waals surface area contributed by atoms with Crippen LogP contribution in [-0.4, -0.2) is 65.2 Å². The number of hydrogen-bond acceptors (Lipinski definition) is 5. The summed E-state index contributed by atoms with van der Waals surface area (Å²) in [5.74, 6) is 2.38. The standard InChI is InChI=1S/C18H24N6O/c1-19-5-4-16(25)24-9-12-7-14(8-13(12)10-24)23(2)18-15-3-6-20-17(15)21-11-22-18/h3,5-6,11-14H,4,7-10H2,1-2H3,(H,20,21,22). The molecule has 2 aliphatic rings. The molecule has 1 aliphatic heterocycles. The second-order valence-electron chi connectivity index (χ2n) is 7.14. The Labute approximate surface area is 147 Å². The van der Waals surface area contributed by atoms with E-state index in [0.717, 1.165) is 42.8 Å². The average Bonchev–Trinajstić information content (AvgIpc) is 3.31. The Balaban J connectivity index is 1.43. The number of hydrogen-bond donors (Lipinski definition) is 1. The van der Waals surface area contributed by atoms with Crippen LogP contribution in [0.15, 0.2) is 23.6 Å². The molecule has 2 aromatic rings. The van der Waals surface area contributed by atoms with Crippen LogP contribution in [0.2, 0.25) is 0 Å². The van der Waals surface area contributed by atoms with Gasteiger partial charge in [-0.2, -0.15) is 0 Å². The van der Waals surface area contributed by atoms with Crippen molar-refractivity contribution in [1.29, 1.82) is 0 Å². The van der Waals surface area contributed by atoms with Gasteiger partial charge in [0.1, 0.15) is 17.8 Å². The highest BCUT2D eigenvalue weighted by atomic mass is 16.2. The van der Waals surface area contributed by atoms with E-state index in [1.54, 1.807) is 19.6 Å². The summed E-state index contributed by atoms with van der Waals surface area (Å²) in [4.78, 5) is 32.4. The SMILES string of the molecule is CN=CCC(=O)N1CC2CC(N(C)c3ncnc4[nH]ccc34)CC2C1. The first kappa shape index (κ1) is 16.1. The van der Waals surface area contributed by atoms with Gasteiger partial charge in [0.25, 0.3) is 0 Å². The molecule has 0 aromatic carbocycles. The number of aliphatic imine (C=N–C) groups is 1. The molecule has 1 N–H and O–H groups in total. The fourth-order valence-electron chi connectivity index (χ4n) is 4.40. The molecular weight excluding hydrogens is 316 g/mol. The van der Waals surface area contributed by atoms with Gasteiger partial charge in [0.15, 0.2) is 0 Å². The fourth-order valence-corrected chi connectivity index (χ4v) is 4.40. The van der Waals surface area contributed by atoms with E-state index in [9.17, 15) is 4.79 Å². The van der Waals surface area contributed by atoms with Crippen molar-refractivity contribution < 1.29 is 4.79 Å². The van der Waals surface area contributed by atoms with Gasteiger partial charge in [-0.3, -0.25) is 4.79 Å². The number of nitrogens with zero attached hydrogens (tertiary/aromatic N) is 5.